The molecule has 5 fully saturated rings. The number of rotatable bonds is 19. The van der Waals surface area contributed by atoms with Gasteiger partial charge in [0, 0.05) is 134 Å². The Balaban J connectivity index is 0.000000133. The Hall–Kier alpha value is -11.8. The van der Waals surface area contributed by atoms with Gasteiger partial charge in [-0.2, -0.15) is 38.7 Å². The van der Waals surface area contributed by atoms with Crippen LogP contribution >= 0.6 is 81.2 Å². The molecule has 15 heterocycles. The van der Waals surface area contributed by atoms with E-state index < -0.39 is 17.6 Å². The van der Waals surface area contributed by atoms with E-state index in [2.05, 4.69) is 130 Å². The number of anilines is 5. The molecule has 0 bridgehead atoms. The second-order valence-corrected chi connectivity index (χ2v) is 42.0. The molecule has 5 amide bonds. The van der Waals surface area contributed by atoms with Crippen molar-refractivity contribution in [2.75, 3.05) is 112 Å². The molecule has 0 spiro atoms. The fourth-order valence-electron chi connectivity index (χ4n) is 19.8. The molecule has 149 heavy (non-hydrogen) atoms. The Bertz CT molecular complexity index is 7000. The number of carbonyl (C=O) groups is 5. The maximum atomic E-state index is 12.8. The minimum Gasteiger partial charge on any atom is -0.322 e. The zero-order valence-corrected chi connectivity index (χ0v) is 91.1. The largest absolute Gasteiger partial charge is 0.416 e. The van der Waals surface area contributed by atoms with Gasteiger partial charge in [0.15, 0.2) is 28.2 Å². The Morgan fingerprint density at radius 3 is 0.725 bits per heavy atom. The van der Waals surface area contributed by atoms with Crippen molar-refractivity contribution in [2.24, 2.45) is 0 Å². The molecule has 5 aromatic carbocycles. The highest BCUT2D eigenvalue weighted by Gasteiger charge is 2.36. The van der Waals surface area contributed by atoms with Crippen molar-refractivity contribution in [1.29, 1.82) is 0 Å². The van der Waals surface area contributed by atoms with Crippen LogP contribution in [-0.2, 0) is 6.18 Å². The first kappa shape index (κ1) is 110. The second kappa shape index (κ2) is 48.2. The molecule has 0 atom stereocenters. The van der Waals surface area contributed by atoms with E-state index in [0.29, 0.717) is 111 Å². The zero-order chi connectivity index (χ0) is 106. The zero-order valence-electron chi connectivity index (χ0n) is 85.8. The summed E-state index contributed by atoms with van der Waals surface area (Å²) in [5.74, 6) is -1.71. The van der Waals surface area contributed by atoms with E-state index in [-0.39, 0.29) is 52.0 Å². The summed E-state index contributed by atoms with van der Waals surface area (Å²) in [6, 6.07) is 35.9. The summed E-state index contributed by atoms with van der Waals surface area (Å²) in [4.78, 5) is 98.8. The summed E-state index contributed by atoms with van der Waals surface area (Å²) in [5.41, 5.74) is 13.5. The first-order chi connectivity index (χ1) is 71.3. The van der Waals surface area contributed by atoms with Gasteiger partial charge in [-0.05, 0) is 271 Å². The molecular weight excluding hydrogens is 2040 g/mol. The van der Waals surface area contributed by atoms with Crippen LogP contribution in [0.15, 0.2) is 152 Å². The van der Waals surface area contributed by atoms with Crippen molar-refractivity contribution in [3.05, 3.63) is 260 Å². The van der Waals surface area contributed by atoms with Crippen LogP contribution in [-0.4, -0.2) is 226 Å². The Morgan fingerprint density at radius 1 is 0.315 bits per heavy atom. The summed E-state index contributed by atoms with van der Waals surface area (Å²) < 4.78 is 48.0. The van der Waals surface area contributed by atoms with Crippen molar-refractivity contribution in [3.8, 4) is 0 Å². The van der Waals surface area contributed by atoms with Crippen molar-refractivity contribution in [1.82, 2.24) is 98.3 Å². The lowest BCUT2D eigenvalue weighted by atomic mass is 10.0. The minimum absolute atomic E-state index is 0.139. The summed E-state index contributed by atoms with van der Waals surface area (Å²) in [5, 5.41) is 44.3. The van der Waals surface area contributed by atoms with Crippen LogP contribution in [0.3, 0.4) is 0 Å². The molecule has 5 aliphatic rings. The SMILES string of the molecule is CCN1CCC(n2nc(C)c3c(Cl)c(C(=O)Nc4ccc(C)cc4)cnc32)CC1.CCN1CCC(n2nc(C)c3c(Cl)c(C(=O)Nc4ccc(Cl)cc4)cnc32)CC1.Cc1ccc(NC(=O)c2cnc3c(c(C)nn3C3CCN(C(C)C)CC3)c2Cl)cc1.Cc1nn(C2CCN(C(C)C)CC2)c2ncc(C(=O)Nc3ccc(Cl)cc3)c(Cl)c12.Cc1nn(C2CCN(C)CC2)c2ncc(C(=O)Nc3ccc(C(F)(F)F)cc3)c(Cl)c12. The van der Waals surface area contributed by atoms with Gasteiger partial charge < -0.3 is 51.1 Å². The molecule has 0 aliphatic carbocycles. The van der Waals surface area contributed by atoms with Crippen LogP contribution in [0.1, 0.15) is 233 Å². The molecule has 15 aromatic rings. The number of amides is 5. The number of hydrogen-bond donors (Lipinski definition) is 5. The van der Waals surface area contributed by atoms with E-state index in [4.69, 9.17) is 102 Å². The molecular formula is C109H123Cl7F3N25O5. The van der Waals surface area contributed by atoms with Gasteiger partial charge in [0.2, 0.25) is 0 Å². The van der Waals surface area contributed by atoms with Crippen molar-refractivity contribution in [3.63, 3.8) is 0 Å². The lowest BCUT2D eigenvalue weighted by Crippen LogP contribution is -2.39. The summed E-state index contributed by atoms with van der Waals surface area (Å²) in [6.45, 7) is 39.3. The molecule has 10 aromatic heterocycles. The molecule has 40 heteroatoms. The number of alkyl halides is 3. The molecule has 0 unspecified atom stereocenters. The van der Waals surface area contributed by atoms with E-state index in [1.807, 2.05) is 120 Å². The van der Waals surface area contributed by atoms with Gasteiger partial charge in [-0.25, -0.2) is 48.3 Å². The van der Waals surface area contributed by atoms with Crippen molar-refractivity contribution < 1.29 is 37.1 Å². The maximum absolute atomic E-state index is 12.8. The maximum Gasteiger partial charge on any atom is 0.416 e. The number of nitrogens with zero attached hydrogens (tertiary/aromatic N) is 20. The van der Waals surface area contributed by atoms with Crippen LogP contribution in [0.2, 0.25) is 35.2 Å². The molecule has 5 N–H and O–H groups in total. The lowest BCUT2D eigenvalue weighted by molar-refractivity contribution is -0.137. The highest BCUT2D eigenvalue weighted by molar-refractivity contribution is 6.42. The van der Waals surface area contributed by atoms with Crippen molar-refractivity contribution >= 4 is 194 Å². The highest BCUT2D eigenvalue weighted by Crippen LogP contribution is 2.42. The predicted octanol–water partition coefficient (Wildman–Crippen LogP) is 24.8. The number of carbonyl (C=O) groups excluding carboxylic acids is 5. The predicted molar refractivity (Wildman–Crippen MR) is 589 cm³/mol. The number of nitrogens with one attached hydrogen (secondary N) is 5. The molecule has 5 aliphatic heterocycles. The summed E-state index contributed by atoms with van der Waals surface area (Å²) in [6.07, 6.45) is 13.3. The van der Waals surface area contributed by atoms with Gasteiger partial charge in [0.1, 0.15) is 0 Å². The van der Waals surface area contributed by atoms with Gasteiger partial charge in [-0.1, -0.05) is 130 Å². The van der Waals surface area contributed by atoms with Crippen LogP contribution < -0.4 is 26.6 Å². The van der Waals surface area contributed by atoms with Gasteiger partial charge >= 0.3 is 6.18 Å². The number of benzene rings is 5. The Labute approximate surface area is 898 Å². The molecule has 30 nitrogen and oxygen atoms in total. The van der Waals surface area contributed by atoms with Crippen LogP contribution in [0.5, 0.6) is 0 Å². The fraction of sp³-hybridized carbons (Fsp3) is 0.404. The first-order valence-corrected chi connectivity index (χ1v) is 53.1. The van der Waals surface area contributed by atoms with Crippen LogP contribution in [0.25, 0.3) is 55.2 Å². The lowest BCUT2D eigenvalue weighted by Gasteiger charge is -2.34. The standard InChI is InChI=1S/C23H28ClN5O.C22H25Cl2N5O.C22H26ClN5O.C21H23Cl2N5O.C21H21ClF3N5O/c1-14(2)28-11-9-18(10-12-28)29-22-20(16(4)27-29)21(24)19(13-25-22)23(30)26-17-7-5-15(3)6-8-17;1-13(2)28-10-8-17(9-11-28)29-21-19(14(3)27-29)20(24)18(12-25-21)22(30)26-16-6-4-15(23)5-7-16;1-4-27-11-9-17(10-12-27)28-21-19(15(3)26-28)20(23)18(13-24-21)22(29)25-16-7-5-14(2)6-8-16;1-3-27-10-8-16(9-11-27)28-20-18(13(2)26-28)19(23)17(12-24-20)21(29)25-15-6-4-14(22)5-7-15;1-12-17-18(22)16(20(31)27-14-5-3-13(4-6-14)21(23,24)25)11-26-19(17)30(28-12)15-7-9-29(2)10-8-15/h5-8,13-14,18H,9-12H2,1-4H3,(H,26,30);4-7,12-13,17H,8-11H2,1-3H3,(H,26,30);5-8,13,17H,4,9-12H2,1-3H3,(H,25,29);4-7,12,16H,3,8-11H2,1-2H3,(H,25,29);3-6,11,15H,7-10H2,1-2H3,(H,27,31). The average Bonchev–Trinajstić information content (AvgIpc) is 1.63. The number of aryl methyl sites for hydroxylation is 7. The van der Waals surface area contributed by atoms with E-state index in [9.17, 15) is 37.1 Å². The van der Waals surface area contributed by atoms with Gasteiger partial charge in [0.25, 0.3) is 29.5 Å². The number of fused-ring (bicyclic) bond motifs is 5. The smallest absolute Gasteiger partial charge is 0.322 e. The Kier molecular flexibility index (Phi) is 35.5. The molecule has 0 radical (unpaired) electrons. The Morgan fingerprint density at radius 2 is 0.517 bits per heavy atom. The topological polar surface area (TPSA) is 315 Å². The highest BCUT2D eigenvalue weighted by atomic mass is 35.5. The first-order valence-electron chi connectivity index (χ1n) is 50.5. The number of halogens is 10. The number of aromatic nitrogens is 15. The second-order valence-electron chi connectivity index (χ2n) is 39.3. The minimum atomic E-state index is -4.44. The van der Waals surface area contributed by atoms with E-state index in [0.717, 1.165) is 244 Å². The summed E-state index contributed by atoms with van der Waals surface area (Å²) in [7, 11) is 2.08. The van der Waals surface area contributed by atoms with Crippen LogP contribution in [0.4, 0.5) is 41.6 Å². The molecule has 784 valence electrons. The van der Waals surface area contributed by atoms with E-state index in [1.54, 1.807) is 60.9 Å². The van der Waals surface area contributed by atoms with Crippen molar-refractivity contribution in [2.45, 2.75) is 203 Å². The average molecular weight is 2170 g/mol. The van der Waals surface area contributed by atoms with Gasteiger partial charge in [-0.15, -0.1) is 0 Å². The normalized spacial score (nSPS) is 15.8. The van der Waals surface area contributed by atoms with Gasteiger partial charge in [0.05, 0.1) is 144 Å². The molecule has 5 saturated heterocycles. The molecule has 0 saturated carbocycles. The third kappa shape index (κ3) is 25.3. The van der Waals surface area contributed by atoms with E-state index in [1.165, 1.54) is 30.7 Å². The number of hydrogen-bond acceptors (Lipinski definition) is 20. The van der Waals surface area contributed by atoms with E-state index >= 15 is 0 Å². The monoisotopic (exact) mass is 2160 g/mol. The van der Waals surface area contributed by atoms with Gasteiger partial charge in [-0.3, -0.25) is 24.0 Å². The summed E-state index contributed by atoms with van der Waals surface area (Å²) >= 11 is 45.0. The number of likely N-dealkylation sites (tertiary alicyclic amines) is 5. The molecule has 20 rings (SSSR count). The number of piperidine rings is 5. The number of pyridine rings is 5. The third-order valence-corrected chi connectivity index (χ3v) is 31.0. The quantitative estimate of drug-likeness (QED) is 0.0502. The third-order valence-electron chi connectivity index (χ3n) is 28.6. The van der Waals surface area contributed by atoms with Crippen LogP contribution in [0, 0.1) is 48.5 Å². The fourth-order valence-corrected chi connectivity index (χ4v) is 21.8.